The molecule has 3 nitrogen and oxygen atoms in total. The van der Waals surface area contributed by atoms with Crippen molar-refractivity contribution >= 4 is 11.3 Å². The molecule has 1 aromatic heterocycles. The Hall–Kier alpha value is -0.450. The molecule has 3 atom stereocenters. The summed E-state index contributed by atoms with van der Waals surface area (Å²) in [5, 5.41) is 3.20. The lowest BCUT2D eigenvalue weighted by atomic mass is 9.96. The summed E-state index contributed by atoms with van der Waals surface area (Å²) in [4.78, 5) is 4.43. The van der Waals surface area contributed by atoms with Gasteiger partial charge in [-0.05, 0) is 19.3 Å². The number of hydrogen-bond acceptors (Lipinski definition) is 4. The highest BCUT2D eigenvalue weighted by molar-refractivity contribution is 7.09. The molecule has 2 rings (SSSR count). The number of nitrogens with zero attached hydrogens (tertiary/aromatic N) is 1. The van der Waals surface area contributed by atoms with E-state index >= 15 is 0 Å². The Balaban J connectivity index is 1.94. The second-order valence-corrected chi connectivity index (χ2v) is 5.29. The molecule has 1 aliphatic rings. The van der Waals surface area contributed by atoms with E-state index in [1.54, 1.807) is 11.3 Å². The summed E-state index contributed by atoms with van der Waals surface area (Å²) in [6.45, 7) is 5.08. The van der Waals surface area contributed by atoms with Gasteiger partial charge in [-0.1, -0.05) is 6.92 Å². The molecule has 0 saturated carbocycles. The van der Waals surface area contributed by atoms with Gasteiger partial charge in [0.1, 0.15) is 0 Å². The second kappa shape index (κ2) is 4.60. The Kier molecular flexibility index (Phi) is 3.38. The van der Waals surface area contributed by atoms with E-state index in [1.165, 1.54) is 0 Å². The molecule has 0 aromatic carbocycles. The fourth-order valence-corrected chi connectivity index (χ4v) is 2.92. The summed E-state index contributed by atoms with van der Waals surface area (Å²) in [6, 6.07) is 0.0908. The van der Waals surface area contributed by atoms with Crippen molar-refractivity contribution < 1.29 is 4.74 Å². The molecule has 0 bridgehead atoms. The van der Waals surface area contributed by atoms with Crippen molar-refractivity contribution in [2.45, 2.75) is 38.8 Å². The molecule has 84 valence electrons. The zero-order chi connectivity index (χ0) is 10.8. The van der Waals surface area contributed by atoms with E-state index < -0.39 is 0 Å². The van der Waals surface area contributed by atoms with Crippen molar-refractivity contribution in [1.82, 2.24) is 4.98 Å². The Morgan fingerprint density at radius 1 is 1.73 bits per heavy atom. The molecule has 15 heavy (non-hydrogen) atoms. The number of nitrogens with two attached hydrogens (primary N) is 1. The van der Waals surface area contributed by atoms with Crippen molar-refractivity contribution in [3.8, 4) is 0 Å². The number of ether oxygens (including phenoxy) is 1. The normalized spacial score (nSPS) is 28.2. The van der Waals surface area contributed by atoms with Crippen LogP contribution >= 0.6 is 11.3 Å². The topological polar surface area (TPSA) is 48.1 Å². The second-order valence-electron chi connectivity index (χ2n) is 4.35. The maximum Gasteiger partial charge on any atom is 0.0944 e. The summed E-state index contributed by atoms with van der Waals surface area (Å²) in [6.07, 6.45) is 2.19. The summed E-state index contributed by atoms with van der Waals surface area (Å²) in [5.41, 5.74) is 7.24. The molecular formula is C11H18N2OS. The lowest BCUT2D eigenvalue weighted by Crippen LogP contribution is -2.39. The zero-order valence-electron chi connectivity index (χ0n) is 9.27. The van der Waals surface area contributed by atoms with Crippen LogP contribution in [0.25, 0.3) is 0 Å². The minimum absolute atomic E-state index is 0.0908. The minimum atomic E-state index is 0.0908. The fraction of sp³-hybridized carbons (Fsp3) is 0.727. The lowest BCUT2D eigenvalue weighted by molar-refractivity contribution is 0.0726. The highest BCUT2D eigenvalue weighted by atomic mass is 32.1. The van der Waals surface area contributed by atoms with Gasteiger partial charge in [0, 0.05) is 30.1 Å². The van der Waals surface area contributed by atoms with Crippen molar-refractivity contribution in [3.05, 3.63) is 16.1 Å². The fourth-order valence-electron chi connectivity index (χ4n) is 2.08. The molecule has 0 radical (unpaired) electrons. The Morgan fingerprint density at radius 2 is 2.53 bits per heavy atom. The first-order valence-corrected chi connectivity index (χ1v) is 6.33. The molecule has 2 heterocycles. The van der Waals surface area contributed by atoms with Gasteiger partial charge >= 0.3 is 0 Å². The first-order chi connectivity index (χ1) is 7.16. The quantitative estimate of drug-likeness (QED) is 0.854. The number of rotatable bonds is 3. The average molecular weight is 226 g/mol. The van der Waals surface area contributed by atoms with Crippen LogP contribution in [0.5, 0.6) is 0 Å². The van der Waals surface area contributed by atoms with E-state index in [1.807, 2.05) is 6.92 Å². The first-order valence-electron chi connectivity index (χ1n) is 5.45. The van der Waals surface area contributed by atoms with Crippen molar-refractivity contribution in [2.75, 3.05) is 6.61 Å². The van der Waals surface area contributed by atoms with Gasteiger partial charge in [0.2, 0.25) is 0 Å². The third kappa shape index (κ3) is 2.56. The molecule has 2 N–H and O–H groups in total. The average Bonchev–Trinajstić information content (AvgIpc) is 2.75. The molecule has 4 heteroatoms. The molecule has 1 saturated heterocycles. The van der Waals surface area contributed by atoms with E-state index in [0.29, 0.717) is 5.92 Å². The monoisotopic (exact) mass is 226 g/mol. The summed E-state index contributed by atoms with van der Waals surface area (Å²) in [7, 11) is 0. The van der Waals surface area contributed by atoms with Gasteiger partial charge in [-0.15, -0.1) is 11.3 Å². The summed E-state index contributed by atoms with van der Waals surface area (Å²) >= 11 is 1.69. The standard InChI is InChI=1S/C11H18N2OS/c1-7-3-4-14-11(7)9(12)5-10-13-8(2)6-15-10/h6-7,9,11H,3-5,12H2,1-2H3. The first kappa shape index (κ1) is 11.0. The maximum atomic E-state index is 6.15. The van der Waals surface area contributed by atoms with Crippen LogP contribution in [0.1, 0.15) is 24.0 Å². The predicted molar refractivity (Wildman–Crippen MR) is 62.1 cm³/mol. The lowest BCUT2D eigenvalue weighted by Gasteiger charge is -2.21. The van der Waals surface area contributed by atoms with Crippen molar-refractivity contribution in [2.24, 2.45) is 11.7 Å². The van der Waals surface area contributed by atoms with Gasteiger partial charge in [-0.3, -0.25) is 0 Å². The van der Waals surface area contributed by atoms with Crippen LogP contribution < -0.4 is 5.73 Å². The van der Waals surface area contributed by atoms with E-state index in [0.717, 1.165) is 30.2 Å². The summed E-state index contributed by atoms with van der Waals surface area (Å²) in [5.74, 6) is 0.584. The maximum absolute atomic E-state index is 6.15. The Morgan fingerprint density at radius 3 is 3.07 bits per heavy atom. The van der Waals surface area contributed by atoms with Gasteiger partial charge in [0.15, 0.2) is 0 Å². The molecule has 3 unspecified atom stereocenters. The number of aromatic nitrogens is 1. The van der Waals surface area contributed by atoms with E-state index in [-0.39, 0.29) is 12.1 Å². The van der Waals surface area contributed by atoms with E-state index in [9.17, 15) is 0 Å². The van der Waals surface area contributed by atoms with Crippen LogP contribution in [-0.2, 0) is 11.2 Å². The predicted octanol–water partition coefficient (Wildman–Crippen LogP) is 1.75. The third-order valence-electron chi connectivity index (χ3n) is 2.94. The van der Waals surface area contributed by atoms with Crippen LogP contribution in [0, 0.1) is 12.8 Å². The molecule has 1 fully saturated rings. The van der Waals surface area contributed by atoms with Gasteiger partial charge in [-0.25, -0.2) is 4.98 Å². The van der Waals surface area contributed by atoms with E-state index in [4.69, 9.17) is 10.5 Å². The number of hydrogen-bond donors (Lipinski definition) is 1. The smallest absolute Gasteiger partial charge is 0.0944 e. The molecule has 1 aliphatic heterocycles. The third-order valence-corrected chi connectivity index (χ3v) is 3.93. The van der Waals surface area contributed by atoms with Crippen LogP contribution in [0.3, 0.4) is 0 Å². The molecule has 0 amide bonds. The van der Waals surface area contributed by atoms with Gasteiger partial charge < -0.3 is 10.5 Å². The van der Waals surface area contributed by atoms with Crippen LogP contribution in [0.2, 0.25) is 0 Å². The largest absolute Gasteiger partial charge is 0.376 e. The van der Waals surface area contributed by atoms with Crippen LogP contribution in [0.4, 0.5) is 0 Å². The van der Waals surface area contributed by atoms with Crippen molar-refractivity contribution in [3.63, 3.8) is 0 Å². The number of aryl methyl sites for hydroxylation is 1. The Bertz CT molecular complexity index is 326. The van der Waals surface area contributed by atoms with Gasteiger partial charge in [0.05, 0.1) is 11.1 Å². The highest BCUT2D eigenvalue weighted by Crippen LogP contribution is 2.24. The molecule has 1 aromatic rings. The van der Waals surface area contributed by atoms with Gasteiger partial charge in [-0.2, -0.15) is 0 Å². The Labute approximate surface area is 94.7 Å². The van der Waals surface area contributed by atoms with Gasteiger partial charge in [0.25, 0.3) is 0 Å². The number of thiazole rings is 1. The highest BCUT2D eigenvalue weighted by Gasteiger charge is 2.30. The van der Waals surface area contributed by atoms with Crippen LogP contribution in [-0.4, -0.2) is 23.7 Å². The SMILES string of the molecule is Cc1csc(CC(N)C2OCCC2C)n1. The summed E-state index contributed by atoms with van der Waals surface area (Å²) < 4.78 is 5.66. The molecule has 0 spiro atoms. The van der Waals surface area contributed by atoms with Crippen LogP contribution in [0.15, 0.2) is 5.38 Å². The minimum Gasteiger partial charge on any atom is -0.376 e. The van der Waals surface area contributed by atoms with Crippen molar-refractivity contribution in [1.29, 1.82) is 0 Å². The molecule has 0 aliphatic carbocycles. The van der Waals surface area contributed by atoms with E-state index in [2.05, 4.69) is 17.3 Å². The molecular weight excluding hydrogens is 208 g/mol. The zero-order valence-corrected chi connectivity index (χ0v) is 10.1.